The second kappa shape index (κ2) is 4.26. The van der Waals surface area contributed by atoms with Crippen LogP contribution in [0, 0.1) is 5.41 Å². The minimum absolute atomic E-state index is 0.0840. The summed E-state index contributed by atoms with van der Waals surface area (Å²) >= 11 is 0. The van der Waals surface area contributed by atoms with Crippen LogP contribution < -0.4 is 11.1 Å². The molecule has 0 bridgehead atoms. The lowest BCUT2D eigenvalue weighted by atomic mass is 10.1. The van der Waals surface area contributed by atoms with Gasteiger partial charge in [0.1, 0.15) is 6.04 Å². The number of amides is 1. The number of hydrogen-bond donors (Lipinski definition) is 2. The van der Waals surface area contributed by atoms with Gasteiger partial charge in [0.05, 0.1) is 0 Å². The molecule has 86 valence electrons. The van der Waals surface area contributed by atoms with E-state index in [0.29, 0.717) is 5.41 Å². The van der Waals surface area contributed by atoms with Gasteiger partial charge in [0.25, 0.3) is 0 Å². The third kappa shape index (κ3) is 2.61. The Morgan fingerprint density at radius 2 is 2.06 bits per heavy atom. The number of carbonyl (C=O) groups is 1. The quantitative estimate of drug-likeness (QED) is 0.806. The normalized spacial score (nSPS) is 18.9. The molecule has 0 aromatic heterocycles. The van der Waals surface area contributed by atoms with Crippen molar-refractivity contribution in [3.05, 3.63) is 35.9 Å². The molecular formula is C13H18N2O. The Bertz CT molecular complexity index is 371. The van der Waals surface area contributed by atoms with Crippen molar-refractivity contribution in [3.63, 3.8) is 0 Å². The second-order valence-electron chi connectivity index (χ2n) is 4.92. The molecule has 1 fully saturated rings. The summed E-state index contributed by atoms with van der Waals surface area (Å²) in [5, 5.41) is 2.92. The summed E-state index contributed by atoms with van der Waals surface area (Å²) in [7, 11) is 0. The highest BCUT2D eigenvalue weighted by atomic mass is 16.2. The average molecular weight is 218 g/mol. The summed E-state index contributed by atoms with van der Waals surface area (Å²) < 4.78 is 0. The molecule has 1 saturated carbocycles. The van der Waals surface area contributed by atoms with Gasteiger partial charge in [-0.25, -0.2) is 0 Å². The maximum absolute atomic E-state index is 11.8. The first kappa shape index (κ1) is 11.1. The molecule has 1 aromatic carbocycles. The molecule has 1 aliphatic rings. The van der Waals surface area contributed by atoms with Gasteiger partial charge >= 0.3 is 0 Å². The van der Waals surface area contributed by atoms with Crippen molar-refractivity contribution in [2.45, 2.75) is 25.8 Å². The third-order valence-corrected chi connectivity index (χ3v) is 3.23. The highest BCUT2D eigenvalue weighted by molar-refractivity contribution is 5.82. The van der Waals surface area contributed by atoms with Gasteiger partial charge in [0, 0.05) is 6.54 Å². The SMILES string of the molecule is CC1(CNC(=O)C(N)c2ccccc2)CC1. The number of benzene rings is 1. The zero-order chi connectivity index (χ0) is 11.6. The van der Waals surface area contributed by atoms with Crippen molar-refractivity contribution >= 4 is 5.91 Å². The van der Waals surface area contributed by atoms with Crippen molar-refractivity contribution in [1.29, 1.82) is 0 Å². The van der Waals surface area contributed by atoms with Gasteiger partial charge in [-0.2, -0.15) is 0 Å². The van der Waals surface area contributed by atoms with Gasteiger partial charge in [-0.15, -0.1) is 0 Å². The summed E-state index contributed by atoms with van der Waals surface area (Å²) in [4.78, 5) is 11.8. The zero-order valence-electron chi connectivity index (χ0n) is 9.57. The first-order chi connectivity index (χ1) is 7.61. The van der Waals surface area contributed by atoms with Crippen LogP contribution in [0.3, 0.4) is 0 Å². The lowest BCUT2D eigenvalue weighted by Gasteiger charge is -2.15. The largest absolute Gasteiger partial charge is 0.354 e. The predicted molar refractivity (Wildman–Crippen MR) is 63.7 cm³/mol. The molecule has 0 spiro atoms. The Morgan fingerprint density at radius 3 is 2.62 bits per heavy atom. The molecular weight excluding hydrogens is 200 g/mol. The standard InChI is InChI=1S/C13H18N2O/c1-13(7-8-13)9-15-12(16)11(14)10-5-3-2-4-6-10/h2-6,11H,7-9,14H2,1H3,(H,15,16). The van der Waals surface area contributed by atoms with Crippen LogP contribution in [0.25, 0.3) is 0 Å². The molecule has 0 radical (unpaired) electrons. The molecule has 3 N–H and O–H groups in total. The van der Waals surface area contributed by atoms with Crippen LogP contribution in [-0.2, 0) is 4.79 Å². The van der Waals surface area contributed by atoms with E-state index in [1.54, 1.807) is 0 Å². The Kier molecular flexibility index (Phi) is 2.97. The highest BCUT2D eigenvalue weighted by Gasteiger charge is 2.37. The van der Waals surface area contributed by atoms with Crippen molar-refractivity contribution < 1.29 is 4.79 Å². The van der Waals surface area contributed by atoms with Gasteiger partial charge in [-0.3, -0.25) is 4.79 Å². The van der Waals surface area contributed by atoms with Crippen LogP contribution in [0.15, 0.2) is 30.3 Å². The van der Waals surface area contributed by atoms with Gasteiger partial charge in [-0.1, -0.05) is 37.3 Å². The molecule has 3 heteroatoms. The smallest absolute Gasteiger partial charge is 0.241 e. The molecule has 1 unspecified atom stereocenters. The first-order valence-corrected chi connectivity index (χ1v) is 5.69. The summed E-state index contributed by atoms with van der Waals surface area (Å²) in [5.41, 5.74) is 7.06. The van der Waals surface area contributed by atoms with Crippen LogP contribution in [0.1, 0.15) is 31.4 Å². The fourth-order valence-corrected chi connectivity index (χ4v) is 1.61. The fourth-order valence-electron chi connectivity index (χ4n) is 1.61. The molecule has 1 aliphatic carbocycles. The van der Waals surface area contributed by atoms with E-state index in [1.807, 2.05) is 30.3 Å². The second-order valence-corrected chi connectivity index (χ2v) is 4.92. The van der Waals surface area contributed by atoms with Crippen molar-refractivity contribution in [2.24, 2.45) is 11.1 Å². The van der Waals surface area contributed by atoms with Crippen LogP contribution in [0.5, 0.6) is 0 Å². The Morgan fingerprint density at radius 1 is 1.44 bits per heavy atom. The number of nitrogens with one attached hydrogen (secondary N) is 1. The van der Waals surface area contributed by atoms with Crippen LogP contribution in [0.4, 0.5) is 0 Å². The Labute approximate surface area is 96.0 Å². The topological polar surface area (TPSA) is 55.1 Å². The zero-order valence-corrected chi connectivity index (χ0v) is 9.57. The third-order valence-electron chi connectivity index (χ3n) is 3.23. The molecule has 2 rings (SSSR count). The van der Waals surface area contributed by atoms with E-state index in [2.05, 4.69) is 12.2 Å². The van der Waals surface area contributed by atoms with Crippen LogP contribution >= 0.6 is 0 Å². The van der Waals surface area contributed by atoms with E-state index in [4.69, 9.17) is 5.73 Å². The average Bonchev–Trinajstić information content (AvgIpc) is 3.05. The highest BCUT2D eigenvalue weighted by Crippen LogP contribution is 2.44. The number of carbonyl (C=O) groups excluding carboxylic acids is 1. The van der Waals surface area contributed by atoms with E-state index in [9.17, 15) is 4.79 Å². The predicted octanol–water partition coefficient (Wildman–Crippen LogP) is 1.60. The summed E-state index contributed by atoms with van der Waals surface area (Å²) in [6, 6.07) is 8.91. The number of nitrogens with two attached hydrogens (primary N) is 1. The maximum Gasteiger partial charge on any atom is 0.241 e. The van der Waals surface area contributed by atoms with Crippen molar-refractivity contribution in [1.82, 2.24) is 5.32 Å². The molecule has 3 nitrogen and oxygen atoms in total. The summed E-state index contributed by atoms with van der Waals surface area (Å²) in [6.07, 6.45) is 2.40. The van der Waals surface area contributed by atoms with Crippen LogP contribution in [-0.4, -0.2) is 12.5 Å². The van der Waals surface area contributed by atoms with E-state index >= 15 is 0 Å². The Hall–Kier alpha value is -1.35. The maximum atomic E-state index is 11.8. The first-order valence-electron chi connectivity index (χ1n) is 5.69. The summed E-state index contributed by atoms with van der Waals surface area (Å²) in [5.74, 6) is -0.0840. The van der Waals surface area contributed by atoms with Crippen LogP contribution in [0.2, 0.25) is 0 Å². The molecule has 16 heavy (non-hydrogen) atoms. The van der Waals surface area contributed by atoms with Gasteiger partial charge < -0.3 is 11.1 Å². The van der Waals surface area contributed by atoms with Gasteiger partial charge in [0.15, 0.2) is 0 Å². The van der Waals surface area contributed by atoms with Gasteiger partial charge in [0.2, 0.25) is 5.91 Å². The monoisotopic (exact) mass is 218 g/mol. The minimum Gasteiger partial charge on any atom is -0.354 e. The number of hydrogen-bond acceptors (Lipinski definition) is 2. The fraction of sp³-hybridized carbons (Fsp3) is 0.462. The van der Waals surface area contributed by atoms with E-state index in [0.717, 1.165) is 12.1 Å². The molecule has 0 heterocycles. The van der Waals surface area contributed by atoms with Crippen molar-refractivity contribution in [2.75, 3.05) is 6.54 Å². The van der Waals surface area contributed by atoms with E-state index in [-0.39, 0.29) is 5.91 Å². The molecule has 0 saturated heterocycles. The van der Waals surface area contributed by atoms with Crippen molar-refractivity contribution in [3.8, 4) is 0 Å². The molecule has 1 amide bonds. The lowest BCUT2D eigenvalue weighted by Crippen LogP contribution is -2.36. The van der Waals surface area contributed by atoms with E-state index < -0.39 is 6.04 Å². The van der Waals surface area contributed by atoms with Gasteiger partial charge in [-0.05, 0) is 23.8 Å². The molecule has 1 atom stereocenters. The minimum atomic E-state index is -0.552. The molecule has 0 aliphatic heterocycles. The Balaban J connectivity index is 1.89. The molecule has 1 aromatic rings. The van der Waals surface area contributed by atoms with E-state index in [1.165, 1.54) is 12.8 Å². The lowest BCUT2D eigenvalue weighted by molar-refractivity contribution is -0.122. The number of rotatable bonds is 4. The summed E-state index contributed by atoms with van der Waals surface area (Å²) in [6.45, 7) is 2.92.